The lowest BCUT2D eigenvalue weighted by Gasteiger charge is -2.10. The van der Waals surface area contributed by atoms with Crippen molar-refractivity contribution in [3.05, 3.63) is 40.9 Å². The van der Waals surface area contributed by atoms with E-state index < -0.39 is 0 Å². The van der Waals surface area contributed by atoms with Crippen LogP contribution in [0.25, 0.3) is 10.6 Å². The molecule has 0 aliphatic rings. The van der Waals surface area contributed by atoms with E-state index in [4.69, 9.17) is 4.98 Å². The number of unbranched alkanes of at least 4 members (excludes halogenated alkanes) is 1. The highest BCUT2D eigenvalue weighted by molar-refractivity contribution is 14.0. The first-order valence-corrected chi connectivity index (χ1v) is 9.07. The number of nitrogens with zero attached hydrogens (tertiary/aromatic N) is 2. The summed E-state index contributed by atoms with van der Waals surface area (Å²) in [4.78, 5) is 8.96. The van der Waals surface area contributed by atoms with Gasteiger partial charge in [-0.2, -0.15) is 0 Å². The molecular weight excluding hydrogens is 431 g/mol. The van der Waals surface area contributed by atoms with Gasteiger partial charge in [-0.25, -0.2) is 4.98 Å². The minimum Gasteiger partial charge on any atom is -0.356 e. The molecule has 132 valence electrons. The molecule has 4 nitrogen and oxygen atoms in total. The van der Waals surface area contributed by atoms with Gasteiger partial charge in [0.15, 0.2) is 5.96 Å². The van der Waals surface area contributed by atoms with Crippen LogP contribution in [0.3, 0.4) is 0 Å². The van der Waals surface area contributed by atoms with Crippen LogP contribution in [0.5, 0.6) is 0 Å². The van der Waals surface area contributed by atoms with E-state index >= 15 is 0 Å². The van der Waals surface area contributed by atoms with Gasteiger partial charge in [0, 0.05) is 37.5 Å². The molecule has 1 aromatic heterocycles. The second-order valence-corrected chi connectivity index (χ2v) is 6.40. The average molecular weight is 458 g/mol. The van der Waals surface area contributed by atoms with E-state index in [0.717, 1.165) is 42.6 Å². The minimum atomic E-state index is 0. The molecule has 0 saturated carbocycles. The van der Waals surface area contributed by atoms with E-state index in [1.54, 1.807) is 18.4 Å². The fraction of sp³-hybridized carbons (Fsp3) is 0.444. The number of thiazole rings is 1. The van der Waals surface area contributed by atoms with E-state index in [2.05, 4.69) is 59.1 Å². The van der Waals surface area contributed by atoms with Gasteiger partial charge in [0.05, 0.1) is 5.69 Å². The van der Waals surface area contributed by atoms with Crippen LogP contribution in [0.15, 0.2) is 34.6 Å². The normalized spacial score (nSPS) is 11.0. The number of hydrogen-bond donors (Lipinski definition) is 2. The maximum atomic E-state index is 4.73. The van der Waals surface area contributed by atoms with Crippen LogP contribution in [0.2, 0.25) is 0 Å². The highest BCUT2D eigenvalue weighted by Crippen LogP contribution is 2.24. The molecule has 0 fully saturated rings. The fourth-order valence-corrected chi connectivity index (χ4v) is 3.02. The van der Waals surface area contributed by atoms with Crippen LogP contribution in [0.4, 0.5) is 0 Å². The molecule has 0 radical (unpaired) electrons. The van der Waals surface area contributed by atoms with E-state index in [1.807, 2.05) is 0 Å². The Morgan fingerprint density at radius 2 is 1.88 bits per heavy atom. The van der Waals surface area contributed by atoms with Crippen molar-refractivity contribution in [2.75, 3.05) is 20.1 Å². The SMILES string of the molecule is CCCCNC(=NC)NCCc1csc(-c2ccc(C)cc2)n1.I. The predicted molar refractivity (Wildman–Crippen MR) is 116 cm³/mol. The second-order valence-electron chi connectivity index (χ2n) is 5.54. The quantitative estimate of drug-likeness (QED) is 0.282. The zero-order chi connectivity index (χ0) is 16.5. The summed E-state index contributed by atoms with van der Waals surface area (Å²) in [6, 6.07) is 8.53. The molecule has 6 heteroatoms. The monoisotopic (exact) mass is 458 g/mol. The van der Waals surface area contributed by atoms with Crippen molar-refractivity contribution in [3.8, 4) is 10.6 Å². The third kappa shape index (κ3) is 6.76. The molecule has 0 aliphatic carbocycles. The molecule has 24 heavy (non-hydrogen) atoms. The van der Waals surface area contributed by atoms with Gasteiger partial charge in [-0.05, 0) is 13.3 Å². The summed E-state index contributed by atoms with van der Waals surface area (Å²) < 4.78 is 0. The number of nitrogens with one attached hydrogen (secondary N) is 2. The molecular formula is C18H27IN4S. The van der Waals surface area contributed by atoms with Crippen LogP contribution in [-0.2, 0) is 6.42 Å². The summed E-state index contributed by atoms with van der Waals surface area (Å²) in [6.07, 6.45) is 3.24. The maximum absolute atomic E-state index is 4.73. The highest BCUT2D eigenvalue weighted by atomic mass is 127. The minimum absolute atomic E-state index is 0. The highest BCUT2D eigenvalue weighted by Gasteiger charge is 2.05. The Labute approximate surface area is 166 Å². The maximum Gasteiger partial charge on any atom is 0.190 e. The zero-order valence-electron chi connectivity index (χ0n) is 14.6. The number of rotatable bonds is 7. The van der Waals surface area contributed by atoms with Gasteiger partial charge in [-0.1, -0.05) is 43.2 Å². The Bertz CT molecular complexity index is 622. The van der Waals surface area contributed by atoms with Gasteiger partial charge in [-0.15, -0.1) is 35.3 Å². The Balaban J connectivity index is 0.00000288. The lowest BCUT2D eigenvalue weighted by molar-refractivity contribution is 0.725. The number of benzene rings is 1. The number of aliphatic imine (C=N–C) groups is 1. The second kappa shape index (κ2) is 11.4. The molecule has 2 aromatic rings. The van der Waals surface area contributed by atoms with Gasteiger partial charge < -0.3 is 10.6 Å². The van der Waals surface area contributed by atoms with Crippen molar-refractivity contribution in [2.24, 2.45) is 4.99 Å². The van der Waals surface area contributed by atoms with Gasteiger partial charge in [-0.3, -0.25) is 4.99 Å². The third-order valence-corrected chi connectivity index (χ3v) is 4.51. The number of hydrogen-bond acceptors (Lipinski definition) is 3. The molecule has 0 bridgehead atoms. The standard InChI is InChI=1S/C18H26N4S.HI/c1-4-5-11-20-18(19-3)21-12-10-16-13-23-17(22-16)15-8-6-14(2)7-9-15;/h6-9,13H,4-5,10-12H2,1-3H3,(H2,19,20,21);1H. The van der Waals surface area contributed by atoms with Crippen molar-refractivity contribution >= 4 is 41.3 Å². The topological polar surface area (TPSA) is 49.3 Å². The van der Waals surface area contributed by atoms with E-state index in [1.165, 1.54) is 17.5 Å². The van der Waals surface area contributed by atoms with Gasteiger partial charge in [0.25, 0.3) is 0 Å². The Morgan fingerprint density at radius 1 is 1.17 bits per heavy atom. The van der Waals surface area contributed by atoms with Crippen LogP contribution >= 0.6 is 35.3 Å². The summed E-state index contributed by atoms with van der Waals surface area (Å²) in [5, 5.41) is 9.88. The lowest BCUT2D eigenvalue weighted by Crippen LogP contribution is -2.38. The first kappa shape index (κ1) is 20.9. The van der Waals surface area contributed by atoms with Crippen LogP contribution < -0.4 is 10.6 Å². The molecule has 2 N–H and O–H groups in total. The molecule has 1 heterocycles. The van der Waals surface area contributed by atoms with Crippen molar-refractivity contribution in [2.45, 2.75) is 33.1 Å². The largest absolute Gasteiger partial charge is 0.356 e. The number of aryl methyl sites for hydroxylation is 1. The predicted octanol–water partition coefficient (Wildman–Crippen LogP) is 4.24. The van der Waals surface area contributed by atoms with E-state index in [0.29, 0.717) is 0 Å². The molecule has 0 saturated heterocycles. The molecule has 1 aromatic carbocycles. The van der Waals surface area contributed by atoms with Crippen LogP contribution in [0.1, 0.15) is 31.0 Å². The summed E-state index contributed by atoms with van der Waals surface area (Å²) >= 11 is 1.71. The zero-order valence-corrected chi connectivity index (χ0v) is 17.8. The van der Waals surface area contributed by atoms with Crippen LogP contribution in [-0.4, -0.2) is 31.1 Å². The van der Waals surface area contributed by atoms with Gasteiger partial charge in [0.2, 0.25) is 0 Å². The van der Waals surface area contributed by atoms with Crippen molar-refractivity contribution in [3.63, 3.8) is 0 Å². The Hall–Kier alpha value is -1.15. The van der Waals surface area contributed by atoms with Gasteiger partial charge in [0.1, 0.15) is 5.01 Å². The Morgan fingerprint density at radius 3 is 2.54 bits per heavy atom. The van der Waals surface area contributed by atoms with E-state index in [9.17, 15) is 0 Å². The van der Waals surface area contributed by atoms with Crippen molar-refractivity contribution in [1.29, 1.82) is 0 Å². The molecule has 0 aliphatic heterocycles. The van der Waals surface area contributed by atoms with E-state index in [-0.39, 0.29) is 24.0 Å². The third-order valence-electron chi connectivity index (χ3n) is 3.57. The number of halogens is 1. The van der Waals surface area contributed by atoms with Crippen molar-refractivity contribution in [1.82, 2.24) is 15.6 Å². The molecule has 0 amide bonds. The Kier molecular flexibility index (Phi) is 9.94. The number of guanidine groups is 1. The molecule has 2 rings (SSSR count). The summed E-state index contributed by atoms with van der Waals surface area (Å²) in [7, 11) is 1.81. The average Bonchev–Trinajstić information content (AvgIpc) is 3.03. The van der Waals surface area contributed by atoms with Gasteiger partial charge >= 0.3 is 0 Å². The first-order chi connectivity index (χ1) is 11.2. The number of aromatic nitrogens is 1. The summed E-state index contributed by atoms with van der Waals surface area (Å²) in [5.41, 5.74) is 3.59. The smallest absolute Gasteiger partial charge is 0.190 e. The molecule has 0 unspecified atom stereocenters. The van der Waals surface area contributed by atoms with Crippen molar-refractivity contribution < 1.29 is 0 Å². The van der Waals surface area contributed by atoms with Crippen LogP contribution in [0, 0.1) is 6.92 Å². The fourth-order valence-electron chi connectivity index (χ4n) is 2.16. The summed E-state index contributed by atoms with van der Waals surface area (Å²) in [5.74, 6) is 0.868. The summed E-state index contributed by atoms with van der Waals surface area (Å²) in [6.45, 7) is 6.09. The first-order valence-electron chi connectivity index (χ1n) is 8.19. The molecule has 0 spiro atoms. The molecule has 0 atom stereocenters. The lowest BCUT2D eigenvalue weighted by atomic mass is 10.2.